The first kappa shape index (κ1) is 18.1. The SMILES string of the molecule is c1ccc(-c2cccc(N3CCC(NCCSc4cn[nH]n4)CC3)c2)cc1. The van der Waals surface area contributed by atoms with Gasteiger partial charge in [0.15, 0.2) is 0 Å². The molecule has 4 rings (SSSR count). The highest BCUT2D eigenvalue weighted by atomic mass is 32.2. The Hall–Kier alpha value is -2.31. The number of piperidine rings is 1. The Morgan fingerprint density at radius 1 is 1.04 bits per heavy atom. The lowest BCUT2D eigenvalue weighted by atomic mass is 10.0. The number of benzene rings is 2. The summed E-state index contributed by atoms with van der Waals surface area (Å²) in [6.45, 7) is 3.21. The normalized spacial score (nSPS) is 15.2. The van der Waals surface area contributed by atoms with Crippen LogP contribution in [0.1, 0.15) is 12.8 Å². The highest BCUT2D eigenvalue weighted by Gasteiger charge is 2.19. The Morgan fingerprint density at radius 2 is 1.85 bits per heavy atom. The number of anilines is 1. The summed E-state index contributed by atoms with van der Waals surface area (Å²) < 4.78 is 0. The van der Waals surface area contributed by atoms with Crippen LogP contribution in [-0.2, 0) is 0 Å². The third-order valence-corrected chi connectivity index (χ3v) is 5.89. The molecule has 0 amide bonds. The maximum absolute atomic E-state index is 4.07. The van der Waals surface area contributed by atoms with Crippen molar-refractivity contribution in [3.8, 4) is 11.1 Å². The Bertz CT molecular complexity index is 814. The summed E-state index contributed by atoms with van der Waals surface area (Å²) in [5, 5.41) is 15.2. The van der Waals surface area contributed by atoms with Crippen LogP contribution in [-0.4, -0.2) is 46.8 Å². The van der Waals surface area contributed by atoms with E-state index in [2.05, 4.69) is 80.2 Å². The molecule has 1 fully saturated rings. The van der Waals surface area contributed by atoms with Gasteiger partial charge < -0.3 is 10.2 Å². The fraction of sp³-hybridized carbons (Fsp3) is 0.333. The topological polar surface area (TPSA) is 56.8 Å². The summed E-state index contributed by atoms with van der Waals surface area (Å²) in [5.74, 6) is 1.02. The summed E-state index contributed by atoms with van der Waals surface area (Å²) in [5.41, 5.74) is 3.90. The van der Waals surface area contributed by atoms with Crippen LogP contribution in [0.15, 0.2) is 65.8 Å². The van der Waals surface area contributed by atoms with Crippen molar-refractivity contribution in [2.75, 3.05) is 30.3 Å². The first-order chi connectivity index (χ1) is 13.4. The van der Waals surface area contributed by atoms with Crippen molar-refractivity contribution in [2.45, 2.75) is 23.9 Å². The second kappa shape index (κ2) is 9.06. The van der Waals surface area contributed by atoms with E-state index in [9.17, 15) is 0 Å². The lowest BCUT2D eigenvalue weighted by Gasteiger charge is -2.34. The molecular formula is C21H25N5S. The summed E-state index contributed by atoms with van der Waals surface area (Å²) in [6, 6.07) is 20.1. The van der Waals surface area contributed by atoms with Gasteiger partial charge in [0.25, 0.3) is 0 Å². The van der Waals surface area contributed by atoms with Gasteiger partial charge in [0.05, 0.1) is 6.20 Å². The van der Waals surface area contributed by atoms with E-state index in [-0.39, 0.29) is 0 Å². The third kappa shape index (κ3) is 4.90. The Morgan fingerprint density at radius 3 is 2.63 bits per heavy atom. The van der Waals surface area contributed by atoms with Crippen LogP contribution in [0.5, 0.6) is 0 Å². The van der Waals surface area contributed by atoms with E-state index in [4.69, 9.17) is 0 Å². The molecule has 1 saturated heterocycles. The van der Waals surface area contributed by atoms with Gasteiger partial charge in [0.2, 0.25) is 0 Å². The Labute approximate surface area is 164 Å². The van der Waals surface area contributed by atoms with Crippen molar-refractivity contribution < 1.29 is 0 Å². The summed E-state index contributed by atoms with van der Waals surface area (Å²) in [7, 11) is 0. The zero-order chi connectivity index (χ0) is 18.3. The second-order valence-corrected chi connectivity index (χ2v) is 7.90. The minimum Gasteiger partial charge on any atom is -0.371 e. The first-order valence-corrected chi connectivity index (χ1v) is 10.5. The maximum atomic E-state index is 4.07. The fourth-order valence-corrected chi connectivity index (χ4v) is 4.20. The van der Waals surface area contributed by atoms with E-state index in [0.717, 1.165) is 30.4 Å². The van der Waals surface area contributed by atoms with E-state index >= 15 is 0 Å². The maximum Gasteiger partial charge on any atom is 0.138 e. The molecular weight excluding hydrogens is 354 g/mol. The average Bonchev–Trinajstić information content (AvgIpc) is 3.26. The second-order valence-electron chi connectivity index (χ2n) is 6.79. The summed E-state index contributed by atoms with van der Waals surface area (Å²) in [4.78, 5) is 2.51. The number of thioether (sulfide) groups is 1. The molecule has 6 heteroatoms. The van der Waals surface area contributed by atoms with Crippen molar-refractivity contribution in [3.05, 3.63) is 60.8 Å². The number of rotatable bonds is 7. The van der Waals surface area contributed by atoms with Crippen LogP contribution >= 0.6 is 11.8 Å². The zero-order valence-electron chi connectivity index (χ0n) is 15.3. The van der Waals surface area contributed by atoms with Gasteiger partial charge in [-0.2, -0.15) is 10.3 Å². The van der Waals surface area contributed by atoms with Gasteiger partial charge in [-0.05, 0) is 36.1 Å². The van der Waals surface area contributed by atoms with Gasteiger partial charge in [0, 0.05) is 37.1 Å². The fourth-order valence-electron chi connectivity index (χ4n) is 3.53. The molecule has 0 spiro atoms. The van der Waals surface area contributed by atoms with Gasteiger partial charge >= 0.3 is 0 Å². The number of H-pyrrole nitrogens is 1. The lowest BCUT2D eigenvalue weighted by Crippen LogP contribution is -2.43. The van der Waals surface area contributed by atoms with Crippen LogP contribution in [0.25, 0.3) is 11.1 Å². The molecule has 0 unspecified atom stereocenters. The molecule has 2 N–H and O–H groups in total. The number of hydrogen-bond acceptors (Lipinski definition) is 5. The van der Waals surface area contributed by atoms with E-state index in [1.807, 2.05) is 0 Å². The number of hydrogen-bond donors (Lipinski definition) is 2. The van der Waals surface area contributed by atoms with Crippen molar-refractivity contribution in [3.63, 3.8) is 0 Å². The summed E-state index contributed by atoms with van der Waals surface area (Å²) >= 11 is 1.73. The molecule has 27 heavy (non-hydrogen) atoms. The quantitative estimate of drug-likeness (QED) is 0.483. The van der Waals surface area contributed by atoms with E-state index in [0.29, 0.717) is 6.04 Å². The molecule has 0 saturated carbocycles. The van der Waals surface area contributed by atoms with Crippen LogP contribution in [0.3, 0.4) is 0 Å². The van der Waals surface area contributed by atoms with Crippen molar-refractivity contribution in [1.29, 1.82) is 0 Å². The molecule has 0 radical (unpaired) electrons. The summed E-state index contributed by atoms with van der Waals surface area (Å²) in [6.07, 6.45) is 4.14. The highest BCUT2D eigenvalue weighted by Crippen LogP contribution is 2.26. The van der Waals surface area contributed by atoms with E-state index in [1.165, 1.54) is 29.7 Å². The minimum atomic E-state index is 0.608. The molecule has 0 atom stereocenters. The third-order valence-electron chi connectivity index (χ3n) is 4.99. The molecule has 5 nitrogen and oxygen atoms in total. The minimum absolute atomic E-state index is 0.608. The molecule has 1 aliphatic heterocycles. The number of nitrogens with zero attached hydrogens (tertiary/aromatic N) is 3. The van der Waals surface area contributed by atoms with E-state index < -0.39 is 0 Å². The smallest absolute Gasteiger partial charge is 0.138 e. The molecule has 0 aliphatic carbocycles. The number of aromatic nitrogens is 3. The lowest BCUT2D eigenvalue weighted by molar-refractivity contribution is 0.425. The largest absolute Gasteiger partial charge is 0.371 e. The van der Waals surface area contributed by atoms with E-state index in [1.54, 1.807) is 18.0 Å². The highest BCUT2D eigenvalue weighted by molar-refractivity contribution is 7.99. The molecule has 3 aromatic rings. The monoisotopic (exact) mass is 379 g/mol. The first-order valence-electron chi connectivity index (χ1n) is 9.51. The van der Waals surface area contributed by atoms with Crippen LogP contribution in [0.2, 0.25) is 0 Å². The average molecular weight is 380 g/mol. The van der Waals surface area contributed by atoms with Gasteiger partial charge in [0.1, 0.15) is 5.03 Å². The van der Waals surface area contributed by atoms with Gasteiger partial charge in [-0.15, -0.1) is 16.9 Å². The molecule has 2 aromatic carbocycles. The molecule has 1 aliphatic rings. The molecule has 1 aromatic heterocycles. The Balaban J connectivity index is 1.25. The van der Waals surface area contributed by atoms with Gasteiger partial charge in [-0.1, -0.05) is 42.5 Å². The van der Waals surface area contributed by atoms with Crippen molar-refractivity contribution in [1.82, 2.24) is 20.7 Å². The standard InChI is InChI=1S/C21H25N5S/c1-2-5-17(6-3-1)18-7-4-8-20(15-18)26-12-9-19(10-13-26)22-11-14-27-21-16-23-25-24-21/h1-8,15-16,19,22H,9-14H2,(H,23,24,25). The van der Waals surface area contributed by atoms with Crippen molar-refractivity contribution in [2.24, 2.45) is 0 Å². The van der Waals surface area contributed by atoms with Crippen LogP contribution in [0, 0.1) is 0 Å². The van der Waals surface area contributed by atoms with Crippen molar-refractivity contribution >= 4 is 17.4 Å². The van der Waals surface area contributed by atoms with Crippen LogP contribution in [0.4, 0.5) is 5.69 Å². The zero-order valence-corrected chi connectivity index (χ0v) is 16.2. The Kier molecular flexibility index (Phi) is 6.06. The molecule has 140 valence electrons. The van der Waals surface area contributed by atoms with Crippen LogP contribution < -0.4 is 10.2 Å². The molecule has 2 heterocycles. The predicted molar refractivity (Wildman–Crippen MR) is 112 cm³/mol. The molecule has 0 bridgehead atoms. The predicted octanol–water partition coefficient (Wildman–Crippen LogP) is 3.82. The van der Waals surface area contributed by atoms with Gasteiger partial charge in [-0.25, -0.2) is 0 Å². The van der Waals surface area contributed by atoms with Gasteiger partial charge in [-0.3, -0.25) is 0 Å². The number of aromatic amines is 1. The number of nitrogens with one attached hydrogen (secondary N) is 2.